The lowest BCUT2D eigenvalue weighted by molar-refractivity contribution is 0.000866. The van der Waals surface area contributed by atoms with Crippen LogP contribution in [0.3, 0.4) is 0 Å². The minimum atomic E-state index is -1.03. The first-order valence-corrected chi connectivity index (χ1v) is 3.79. The van der Waals surface area contributed by atoms with Gasteiger partial charge in [0, 0.05) is 0 Å². The van der Waals surface area contributed by atoms with Gasteiger partial charge in [-0.25, -0.2) is 4.79 Å². The molecule has 0 rings (SSSR count). The highest BCUT2D eigenvalue weighted by molar-refractivity contribution is 5.59. The Morgan fingerprint density at radius 1 is 1.50 bits per heavy atom. The first kappa shape index (κ1) is 11.2. The Hall–Kier alpha value is -0.810. The molecule has 0 radical (unpaired) electrons. The third kappa shape index (κ3) is 5.94. The second kappa shape index (κ2) is 6.87. The Morgan fingerprint density at radius 2 is 2.17 bits per heavy atom. The fourth-order valence-corrected chi connectivity index (χ4v) is 0.444. The van der Waals surface area contributed by atoms with Gasteiger partial charge >= 0.3 is 6.16 Å². The van der Waals surface area contributed by atoms with Gasteiger partial charge in [-0.2, -0.15) is 0 Å². The summed E-state index contributed by atoms with van der Waals surface area (Å²) >= 11 is 0. The van der Waals surface area contributed by atoms with E-state index >= 15 is 0 Å². The molecule has 0 aromatic carbocycles. The van der Waals surface area contributed by atoms with E-state index in [1.165, 1.54) is 0 Å². The first-order valence-electron chi connectivity index (χ1n) is 3.79. The third-order valence-electron chi connectivity index (χ3n) is 1.03. The number of ether oxygens (including phenoxy) is 2. The van der Waals surface area contributed by atoms with Crippen molar-refractivity contribution in [2.75, 3.05) is 19.8 Å². The summed E-state index contributed by atoms with van der Waals surface area (Å²) in [5.74, 6) is 0. The number of hydrogen-bond donors (Lipinski definition) is 2. The fraction of sp³-hybridized carbons (Fsp3) is 0.857. The quantitative estimate of drug-likeness (QED) is 0.575. The first-order chi connectivity index (χ1) is 5.70. The predicted octanol–water partition coefficient (Wildman–Crippen LogP) is -0.0972. The summed E-state index contributed by atoms with van der Waals surface area (Å²) < 4.78 is 8.96. The van der Waals surface area contributed by atoms with Crippen LogP contribution in [-0.4, -0.2) is 42.3 Å². The van der Waals surface area contributed by atoms with Crippen molar-refractivity contribution in [3.8, 4) is 0 Å². The van der Waals surface area contributed by atoms with E-state index in [1.807, 2.05) is 6.92 Å². The van der Waals surface area contributed by atoms with Crippen LogP contribution in [0.1, 0.15) is 13.3 Å². The molecule has 1 unspecified atom stereocenters. The van der Waals surface area contributed by atoms with Crippen LogP contribution in [0.4, 0.5) is 4.79 Å². The molecule has 5 nitrogen and oxygen atoms in total. The zero-order valence-corrected chi connectivity index (χ0v) is 7.02. The molecule has 0 aliphatic carbocycles. The second-order valence-electron chi connectivity index (χ2n) is 2.25. The molecular weight excluding hydrogens is 164 g/mol. The van der Waals surface area contributed by atoms with Gasteiger partial charge < -0.3 is 19.7 Å². The van der Waals surface area contributed by atoms with E-state index in [1.54, 1.807) is 0 Å². The number of aliphatic hydroxyl groups is 2. The Labute approximate surface area is 70.9 Å². The van der Waals surface area contributed by atoms with E-state index in [-0.39, 0.29) is 6.61 Å². The van der Waals surface area contributed by atoms with Gasteiger partial charge in [-0.15, -0.1) is 0 Å². The Balaban J connectivity index is 3.31. The van der Waals surface area contributed by atoms with Crippen molar-refractivity contribution in [3.05, 3.63) is 0 Å². The molecular formula is C7H14O5. The smallest absolute Gasteiger partial charge is 0.434 e. The van der Waals surface area contributed by atoms with Gasteiger partial charge in [-0.05, 0) is 6.42 Å². The van der Waals surface area contributed by atoms with E-state index in [9.17, 15) is 4.79 Å². The largest absolute Gasteiger partial charge is 0.508 e. The van der Waals surface area contributed by atoms with Crippen molar-refractivity contribution < 1.29 is 24.5 Å². The highest BCUT2D eigenvalue weighted by atomic mass is 16.7. The summed E-state index contributed by atoms with van der Waals surface area (Å²) in [4.78, 5) is 10.6. The summed E-state index contributed by atoms with van der Waals surface area (Å²) in [6.45, 7) is 1.49. The third-order valence-corrected chi connectivity index (χ3v) is 1.03. The molecule has 2 N–H and O–H groups in total. The van der Waals surface area contributed by atoms with Crippen LogP contribution in [0.2, 0.25) is 0 Å². The van der Waals surface area contributed by atoms with E-state index < -0.39 is 18.9 Å². The average Bonchev–Trinajstić information content (AvgIpc) is 2.10. The zero-order valence-electron chi connectivity index (χ0n) is 7.02. The Kier molecular flexibility index (Phi) is 6.41. The SMILES string of the molecule is CCCOC(=O)OCC(O)CO. The summed E-state index contributed by atoms with van der Waals surface area (Å²) in [6.07, 6.45) is -1.12. The van der Waals surface area contributed by atoms with Crippen LogP contribution < -0.4 is 0 Å². The van der Waals surface area contributed by atoms with E-state index in [0.717, 1.165) is 6.42 Å². The predicted molar refractivity (Wildman–Crippen MR) is 40.7 cm³/mol. The minimum absolute atomic E-state index is 0.237. The Morgan fingerprint density at radius 3 is 2.67 bits per heavy atom. The molecule has 0 aromatic heterocycles. The monoisotopic (exact) mass is 178 g/mol. The molecule has 0 heterocycles. The maximum absolute atomic E-state index is 10.6. The van der Waals surface area contributed by atoms with Gasteiger partial charge in [0.15, 0.2) is 0 Å². The molecule has 0 spiro atoms. The fourth-order valence-electron chi connectivity index (χ4n) is 0.444. The van der Waals surface area contributed by atoms with Gasteiger partial charge in [0.2, 0.25) is 0 Å². The summed E-state index contributed by atoms with van der Waals surface area (Å²) in [5, 5.41) is 17.1. The van der Waals surface area contributed by atoms with Gasteiger partial charge in [0.25, 0.3) is 0 Å². The van der Waals surface area contributed by atoms with Gasteiger partial charge in [0.1, 0.15) is 12.7 Å². The molecule has 0 aliphatic heterocycles. The van der Waals surface area contributed by atoms with Gasteiger partial charge in [-0.3, -0.25) is 0 Å². The molecule has 0 amide bonds. The Bertz CT molecular complexity index is 125. The summed E-state index contributed by atoms with van der Waals surface area (Å²) in [7, 11) is 0. The molecule has 0 fully saturated rings. The summed E-state index contributed by atoms with van der Waals surface area (Å²) in [6, 6.07) is 0. The average molecular weight is 178 g/mol. The van der Waals surface area contributed by atoms with Crippen LogP contribution in [0.15, 0.2) is 0 Å². The molecule has 0 saturated heterocycles. The molecule has 1 atom stereocenters. The van der Waals surface area contributed by atoms with Crippen LogP contribution >= 0.6 is 0 Å². The van der Waals surface area contributed by atoms with Crippen LogP contribution in [0.5, 0.6) is 0 Å². The van der Waals surface area contributed by atoms with Crippen LogP contribution in [0, 0.1) is 0 Å². The number of aliphatic hydroxyl groups excluding tert-OH is 2. The highest BCUT2D eigenvalue weighted by Crippen LogP contribution is 1.90. The highest BCUT2D eigenvalue weighted by Gasteiger charge is 2.07. The lowest BCUT2D eigenvalue weighted by Crippen LogP contribution is -2.22. The summed E-state index contributed by atoms with van der Waals surface area (Å²) in [5.41, 5.74) is 0. The lowest BCUT2D eigenvalue weighted by atomic mass is 10.4. The van der Waals surface area contributed by atoms with E-state index in [0.29, 0.717) is 6.61 Å². The molecule has 72 valence electrons. The standard InChI is InChI=1S/C7H14O5/c1-2-3-11-7(10)12-5-6(9)4-8/h6,8-9H,2-5H2,1H3. The number of carbonyl (C=O) groups excluding carboxylic acids is 1. The zero-order chi connectivity index (χ0) is 9.40. The van der Waals surface area contributed by atoms with Crippen molar-refractivity contribution in [2.45, 2.75) is 19.4 Å². The molecule has 0 aromatic rings. The second-order valence-corrected chi connectivity index (χ2v) is 2.25. The topological polar surface area (TPSA) is 76.0 Å². The normalized spacial score (nSPS) is 12.2. The van der Waals surface area contributed by atoms with Crippen molar-refractivity contribution in [3.63, 3.8) is 0 Å². The molecule has 12 heavy (non-hydrogen) atoms. The molecule has 0 saturated carbocycles. The van der Waals surface area contributed by atoms with Crippen molar-refractivity contribution in [1.29, 1.82) is 0 Å². The minimum Gasteiger partial charge on any atom is -0.434 e. The van der Waals surface area contributed by atoms with E-state index in [2.05, 4.69) is 9.47 Å². The van der Waals surface area contributed by atoms with Crippen LogP contribution in [0.25, 0.3) is 0 Å². The van der Waals surface area contributed by atoms with Gasteiger partial charge in [-0.1, -0.05) is 6.92 Å². The number of carbonyl (C=O) groups is 1. The van der Waals surface area contributed by atoms with E-state index in [4.69, 9.17) is 10.2 Å². The number of rotatable bonds is 5. The lowest BCUT2D eigenvalue weighted by Gasteiger charge is -2.07. The molecule has 0 aliphatic rings. The van der Waals surface area contributed by atoms with Crippen LogP contribution in [-0.2, 0) is 9.47 Å². The number of hydrogen-bond acceptors (Lipinski definition) is 5. The van der Waals surface area contributed by atoms with Crippen molar-refractivity contribution in [2.24, 2.45) is 0 Å². The maximum Gasteiger partial charge on any atom is 0.508 e. The maximum atomic E-state index is 10.6. The van der Waals surface area contributed by atoms with Gasteiger partial charge in [0.05, 0.1) is 13.2 Å². The van der Waals surface area contributed by atoms with Crippen molar-refractivity contribution >= 4 is 6.16 Å². The molecule has 5 heteroatoms. The van der Waals surface area contributed by atoms with Crippen molar-refractivity contribution in [1.82, 2.24) is 0 Å². The molecule has 0 bridgehead atoms.